The molecule has 2 unspecified atom stereocenters. The smallest absolute Gasteiger partial charge is 0.0388 e. The third-order valence-corrected chi connectivity index (χ3v) is 4.70. The lowest BCUT2D eigenvalue weighted by Gasteiger charge is -2.33. The fourth-order valence-electron chi connectivity index (χ4n) is 2.65. The first-order valence-electron chi connectivity index (χ1n) is 6.30. The van der Waals surface area contributed by atoms with Crippen molar-refractivity contribution in [2.45, 2.75) is 44.7 Å². The fourth-order valence-corrected chi connectivity index (χ4v) is 3.39. The van der Waals surface area contributed by atoms with Crippen molar-refractivity contribution in [2.24, 2.45) is 11.7 Å². The molecule has 1 aromatic rings. The largest absolute Gasteiger partial charge is 0.330 e. The van der Waals surface area contributed by atoms with Crippen LogP contribution in [0.5, 0.6) is 0 Å². The van der Waals surface area contributed by atoms with E-state index >= 15 is 0 Å². The van der Waals surface area contributed by atoms with Crippen molar-refractivity contribution in [2.75, 3.05) is 6.54 Å². The van der Waals surface area contributed by atoms with Crippen LogP contribution in [-0.2, 0) is 0 Å². The zero-order chi connectivity index (χ0) is 11.4. The molecule has 0 aliphatic heterocycles. The minimum Gasteiger partial charge on any atom is -0.330 e. The fraction of sp³-hybridized carbons (Fsp3) is 0.692. The van der Waals surface area contributed by atoms with Gasteiger partial charge >= 0.3 is 0 Å². The second-order valence-electron chi connectivity index (χ2n) is 4.79. The highest BCUT2D eigenvalue weighted by Gasteiger charge is 2.25. The van der Waals surface area contributed by atoms with Crippen LogP contribution in [0, 0.1) is 5.92 Å². The molecule has 90 valence electrons. The highest BCUT2D eigenvalue weighted by atomic mass is 32.1. The number of thiophene rings is 1. The average Bonchev–Trinajstić information content (AvgIpc) is 2.83. The summed E-state index contributed by atoms with van der Waals surface area (Å²) in [7, 11) is 0. The first kappa shape index (κ1) is 12.1. The maximum absolute atomic E-state index is 5.85. The second kappa shape index (κ2) is 5.80. The number of hydrogen-bond donors (Lipinski definition) is 2. The van der Waals surface area contributed by atoms with Crippen molar-refractivity contribution in [3.63, 3.8) is 0 Å². The van der Waals surface area contributed by atoms with E-state index in [1.165, 1.54) is 30.6 Å². The Labute approximate surface area is 102 Å². The van der Waals surface area contributed by atoms with Crippen LogP contribution in [-0.4, -0.2) is 12.6 Å². The minimum absolute atomic E-state index is 0.470. The Hall–Kier alpha value is -0.380. The third-order valence-electron chi connectivity index (χ3n) is 3.65. The van der Waals surface area contributed by atoms with Crippen LogP contribution in [0.4, 0.5) is 0 Å². The Morgan fingerprint density at radius 3 is 3.00 bits per heavy atom. The van der Waals surface area contributed by atoms with Gasteiger partial charge < -0.3 is 11.1 Å². The van der Waals surface area contributed by atoms with Gasteiger partial charge in [-0.25, -0.2) is 0 Å². The summed E-state index contributed by atoms with van der Waals surface area (Å²) < 4.78 is 0. The normalized spacial score (nSPS) is 27.9. The van der Waals surface area contributed by atoms with Crippen LogP contribution >= 0.6 is 11.3 Å². The lowest BCUT2D eigenvalue weighted by Crippen LogP contribution is -2.42. The quantitative estimate of drug-likeness (QED) is 0.846. The summed E-state index contributed by atoms with van der Waals surface area (Å²) in [4.78, 5) is 1.43. The lowest BCUT2D eigenvalue weighted by molar-refractivity contribution is 0.253. The van der Waals surface area contributed by atoms with Gasteiger partial charge in [-0.05, 0) is 43.7 Å². The minimum atomic E-state index is 0.470. The number of nitrogens with two attached hydrogens (primary N) is 1. The molecule has 3 N–H and O–H groups in total. The van der Waals surface area contributed by atoms with Crippen LogP contribution in [0.25, 0.3) is 0 Å². The zero-order valence-electron chi connectivity index (χ0n) is 9.99. The van der Waals surface area contributed by atoms with Gasteiger partial charge in [-0.3, -0.25) is 0 Å². The average molecular weight is 238 g/mol. The van der Waals surface area contributed by atoms with E-state index in [4.69, 9.17) is 5.73 Å². The molecule has 0 radical (unpaired) electrons. The van der Waals surface area contributed by atoms with Gasteiger partial charge in [0.25, 0.3) is 0 Å². The molecule has 16 heavy (non-hydrogen) atoms. The van der Waals surface area contributed by atoms with Gasteiger partial charge in [0, 0.05) is 17.0 Å². The maximum atomic E-state index is 5.85. The molecule has 0 saturated heterocycles. The Morgan fingerprint density at radius 2 is 2.31 bits per heavy atom. The van der Waals surface area contributed by atoms with E-state index in [0.29, 0.717) is 18.0 Å². The van der Waals surface area contributed by atoms with Gasteiger partial charge in [-0.15, -0.1) is 11.3 Å². The summed E-state index contributed by atoms with van der Waals surface area (Å²) >= 11 is 1.83. The molecule has 0 bridgehead atoms. The van der Waals surface area contributed by atoms with Gasteiger partial charge in [0.05, 0.1) is 0 Å². The van der Waals surface area contributed by atoms with Gasteiger partial charge in [0.1, 0.15) is 0 Å². The standard InChI is InChI=1S/C13H22N2S/c1-10(13-7-4-8-16-13)15-12-6-3-2-5-11(12)9-14/h4,7-8,10-12,15H,2-3,5-6,9,14H2,1H3/t10-,11?,12?/m1/s1. The second-order valence-corrected chi connectivity index (χ2v) is 5.77. The lowest BCUT2D eigenvalue weighted by atomic mass is 9.84. The van der Waals surface area contributed by atoms with E-state index in [-0.39, 0.29) is 0 Å². The van der Waals surface area contributed by atoms with Gasteiger partial charge in [-0.1, -0.05) is 18.9 Å². The highest BCUT2D eigenvalue weighted by molar-refractivity contribution is 7.10. The van der Waals surface area contributed by atoms with Crippen LogP contribution in [0.3, 0.4) is 0 Å². The molecule has 1 heterocycles. The van der Waals surface area contributed by atoms with Gasteiger partial charge in [0.15, 0.2) is 0 Å². The topological polar surface area (TPSA) is 38.0 Å². The molecule has 1 aliphatic carbocycles. The van der Waals surface area contributed by atoms with Crippen LogP contribution < -0.4 is 11.1 Å². The predicted molar refractivity (Wildman–Crippen MR) is 70.7 cm³/mol. The van der Waals surface area contributed by atoms with Gasteiger partial charge in [0.2, 0.25) is 0 Å². The Kier molecular flexibility index (Phi) is 4.38. The van der Waals surface area contributed by atoms with E-state index in [1.54, 1.807) is 0 Å². The summed E-state index contributed by atoms with van der Waals surface area (Å²) in [5, 5.41) is 5.90. The van der Waals surface area contributed by atoms with Crippen molar-refractivity contribution in [1.29, 1.82) is 0 Å². The highest BCUT2D eigenvalue weighted by Crippen LogP contribution is 2.27. The molecule has 0 amide bonds. The molecule has 1 saturated carbocycles. The van der Waals surface area contributed by atoms with E-state index in [0.717, 1.165) is 6.54 Å². The SMILES string of the molecule is C[C@@H](NC1CCCCC1CN)c1cccs1. The Bertz CT molecular complexity index is 297. The van der Waals surface area contributed by atoms with E-state index in [9.17, 15) is 0 Å². The number of nitrogens with one attached hydrogen (secondary N) is 1. The molecule has 3 atom stereocenters. The van der Waals surface area contributed by atoms with Crippen molar-refractivity contribution < 1.29 is 0 Å². The molecule has 2 rings (SSSR count). The molecule has 1 aromatic heterocycles. The molecular weight excluding hydrogens is 216 g/mol. The molecule has 0 spiro atoms. The van der Waals surface area contributed by atoms with Crippen molar-refractivity contribution in [3.05, 3.63) is 22.4 Å². The zero-order valence-corrected chi connectivity index (χ0v) is 10.8. The summed E-state index contributed by atoms with van der Waals surface area (Å²) in [6.07, 6.45) is 5.29. The van der Waals surface area contributed by atoms with Gasteiger partial charge in [-0.2, -0.15) is 0 Å². The van der Waals surface area contributed by atoms with E-state index in [1.807, 2.05) is 11.3 Å². The van der Waals surface area contributed by atoms with Crippen molar-refractivity contribution in [1.82, 2.24) is 5.32 Å². The van der Waals surface area contributed by atoms with E-state index < -0.39 is 0 Å². The predicted octanol–water partition coefficient (Wildman–Crippen LogP) is 2.92. The summed E-state index contributed by atoms with van der Waals surface area (Å²) in [6.45, 7) is 3.09. The molecule has 1 aliphatic rings. The van der Waals surface area contributed by atoms with Crippen LogP contribution in [0.15, 0.2) is 17.5 Å². The number of hydrogen-bond acceptors (Lipinski definition) is 3. The first-order valence-corrected chi connectivity index (χ1v) is 7.18. The van der Waals surface area contributed by atoms with E-state index in [2.05, 4.69) is 29.8 Å². The monoisotopic (exact) mass is 238 g/mol. The molecule has 0 aromatic carbocycles. The Balaban J connectivity index is 1.92. The Morgan fingerprint density at radius 1 is 1.50 bits per heavy atom. The molecule has 2 nitrogen and oxygen atoms in total. The summed E-state index contributed by atoms with van der Waals surface area (Å²) in [5.41, 5.74) is 5.85. The third kappa shape index (κ3) is 2.84. The maximum Gasteiger partial charge on any atom is 0.0388 e. The van der Waals surface area contributed by atoms with Crippen molar-refractivity contribution >= 4 is 11.3 Å². The van der Waals surface area contributed by atoms with Crippen LogP contribution in [0.2, 0.25) is 0 Å². The number of rotatable bonds is 4. The molecule has 1 fully saturated rings. The summed E-state index contributed by atoms with van der Waals surface area (Å²) in [6, 6.07) is 5.43. The van der Waals surface area contributed by atoms with Crippen LogP contribution in [0.1, 0.15) is 43.5 Å². The first-order chi connectivity index (χ1) is 7.81. The van der Waals surface area contributed by atoms with Crippen molar-refractivity contribution in [3.8, 4) is 0 Å². The molecule has 3 heteroatoms. The summed E-state index contributed by atoms with van der Waals surface area (Å²) in [5.74, 6) is 0.677. The molecular formula is C13H22N2S.